The zero-order chi connectivity index (χ0) is 15.6. The first-order valence-corrected chi connectivity index (χ1v) is 8.77. The van der Waals surface area contributed by atoms with Gasteiger partial charge in [-0.05, 0) is 13.3 Å². The smallest absolute Gasteiger partial charge is 0.138 e. The van der Waals surface area contributed by atoms with Gasteiger partial charge in [0.05, 0.1) is 12.2 Å². The lowest BCUT2D eigenvalue weighted by Crippen LogP contribution is -2.37. The minimum Gasteiger partial charge on any atom is -0.306 e. The second-order valence-corrected chi connectivity index (χ2v) is 6.84. The maximum absolute atomic E-state index is 4.75. The lowest BCUT2D eigenvalue weighted by molar-refractivity contribution is 0.357. The fourth-order valence-electron chi connectivity index (χ4n) is 2.87. The number of thiazole rings is 1. The van der Waals surface area contributed by atoms with Crippen molar-refractivity contribution >= 4 is 11.3 Å². The predicted octanol–water partition coefficient (Wildman–Crippen LogP) is 2.81. The van der Waals surface area contributed by atoms with Crippen LogP contribution in [0.3, 0.4) is 0 Å². The minimum absolute atomic E-state index is 0.439. The number of aromatic nitrogens is 4. The maximum Gasteiger partial charge on any atom is 0.138 e. The molecule has 4 rings (SSSR count). The van der Waals surface area contributed by atoms with Crippen LogP contribution >= 0.6 is 11.3 Å². The number of nitrogens with zero attached hydrogens (tertiary/aromatic N) is 4. The van der Waals surface area contributed by atoms with Gasteiger partial charge in [-0.2, -0.15) is 5.10 Å². The van der Waals surface area contributed by atoms with Crippen molar-refractivity contribution < 1.29 is 0 Å². The SMILES string of the molecule is Cc1ccc(-c2nc(CN[C@@H]3CCc4ncnn4C3)cs2)cc1. The Morgan fingerprint density at radius 3 is 3.04 bits per heavy atom. The summed E-state index contributed by atoms with van der Waals surface area (Å²) < 4.78 is 2.00. The van der Waals surface area contributed by atoms with Crippen molar-refractivity contribution in [3.8, 4) is 10.6 Å². The molecule has 1 N–H and O–H groups in total. The highest BCUT2D eigenvalue weighted by molar-refractivity contribution is 7.13. The third-order valence-corrected chi connectivity index (χ3v) is 5.17. The van der Waals surface area contributed by atoms with E-state index in [1.54, 1.807) is 17.7 Å². The van der Waals surface area contributed by atoms with Gasteiger partial charge in [-0.15, -0.1) is 11.3 Å². The van der Waals surface area contributed by atoms with Crippen molar-refractivity contribution in [3.63, 3.8) is 0 Å². The molecular weight excluding hydrogens is 306 g/mol. The number of hydrogen-bond acceptors (Lipinski definition) is 5. The van der Waals surface area contributed by atoms with Gasteiger partial charge in [0.15, 0.2) is 0 Å². The third kappa shape index (κ3) is 3.18. The summed E-state index contributed by atoms with van der Waals surface area (Å²) in [6, 6.07) is 8.98. The molecule has 0 bridgehead atoms. The molecule has 23 heavy (non-hydrogen) atoms. The summed E-state index contributed by atoms with van der Waals surface area (Å²) in [5.74, 6) is 1.10. The molecule has 0 saturated heterocycles. The second-order valence-electron chi connectivity index (χ2n) is 5.98. The fourth-order valence-corrected chi connectivity index (χ4v) is 3.70. The van der Waals surface area contributed by atoms with Crippen LogP contribution in [0, 0.1) is 6.92 Å². The number of hydrogen-bond donors (Lipinski definition) is 1. The van der Waals surface area contributed by atoms with E-state index >= 15 is 0 Å². The Balaban J connectivity index is 1.38. The molecule has 0 saturated carbocycles. The number of nitrogens with one attached hydrogen (secondary N) is 1. The molecule has 1 aliphatic heterocycles. The van der Waals surface area contributed by atoms with Crippen LogP contribution in [0.4, 0.5) is 0 Å². The average Bonchev–Trinajstić information content (AvgIpc) is 3.22. The molecule has 3 heterocycles. The lowest BCUT2D eigenvalue weighted by Gasteiger charge is -2.23. The Labute approximate surface area is 139 Å². The summed E-state index contributed by atoms with van der Waals surface area (Å²) in [5, 5.41) is 11.1. The van der Waals surface area contributed by atoms with Crippen LogP contribution in [0.1, 0.15) is 23.5 Å². The average molecular weight is 325 g/mol. The van der Waals surface area contributed by atoms with Gasteiger partial charge in [-0.1, -0.05) is 29.8 Å². The number of fused-ring (bicyclic) bond motifs is 1. The van der Waals surface area contributed by atoms with Crippen LogP contribution in [0.15, 0.2) is 36.0 Å². The molecule has 1 aliphatic rings. The van der Waals surface area contributed by atoms with E-state index in [-0.39, 0.29) is 0 Å². The van der Waals surface area contributed by atoms with E-state index in [0.29, 0.717) is 6.04 Å². The van der Waals surface area contributed by atoms with Gasteiger partial charge < -0.3 is 5.32 Å². The zero-order valence-electron chi connectivity index (χ0n) is 13.1. The van der Waals surface area contributed by atoms with Gasteiger partial charge in [-0.3, -0.25) is 0 Å². The molecule has 0 unspecified atom stereocenters. The Bertz CT molecular complexity index is 789. The van der Waals surface area contributed by atoms with Crippen LogP contribution in [-0.4, -0.2) is 25.8 Å². The molecule has 0 amide bonds. The molecule has 0 spiro atoms. The first-order chi connectivity index (χ1) is 11.3. The quantitative estimate of drug-likeness (QED) is 0.801. The summed E-state index contributed by atoms with van der Waals surface area (Å²) in [6.45, 7) is 3.80. The summed E-state index contributed by atoms with van der Waals surface area (Å²) >= 11 is 1.71. The largest absolute Gasteiger partial charge is 0.306 e. The van der Waals surface area contributed by atoms with E-state index in [1.807, 2.05) is 4.68 Å². The highest BCUT2D eigenvalue weighted by Crippen LogP contribution is 2.24. The maximum atomic E-state index is 4.75. The lowest BCUT2D eigenvalue weighted by atomic mass is 10.1. The van der Waals surface area contributed by atoms with E-state index in [9.17, 15) is 0 Å². The van der Waals surface area contributed by atoms with Gasteiger partial charge in [0.25, 0.3) is 0 Å². The van der Waals surface area contributed by atoms with Crippen molar-refractivity contribution in [2.45, 2.75) is 38.9 Å². The number of rotatable bonds is 4. The van der Waals surface area contributed by atoms with Crippen LogP contribution in [0.5, 0.6) is 0 Å². The summed E-state index contributed by atoms with van der Waals surface area (Å²) in [4.78, 5) is 9.02. The predicted molar refractivity (Wildman–Crippen MR) is 91.3 cm³/mol. The van der Waals surface area contributed by atoms with Gasteiger partial charge in [0.1, 0.15) is 17.2 Å². The fraction of sp³-hybridized carbons (Fsp3) is 0.353. The van der Waals surface area contributed by atoms with Crippen molar-refractivity contribution in [1.82, 2.24) is 25.1 Å². The van der Waals surface area contributed by atoms with Crippen molar-refractivity contribution in [2.75, 3.05) is 0 Å². The molecule has 1 atom stereocenters. The summed E-state index contributed by atoms with van der Waals surface area (Å²) in [7, 11) is 0. The van der Waals surface area contributed by atoms with Crippen LogP contribution in [0.2, 0.25) is 0 Å². The highest BCUT2D eigenvalue weighted by Gasteiger charge is 2.19. The molecule has 0 fully saturated rings. The molecule has 0 radical (unpaired) electrons. The van der Waals surface area contributed by atoms with Crippen LogP contribution in [0.25, 0.3) is 10.6 Å². The molecular formula is C17H19N5S. The first-order valence-electron chi connectivity index (χ1n) is 7.89. The Kier molecular flexibility index (Phi) is 3.93. The van der Waals surface area contributed by atoms with E-state index in [0.717, 1.165) is 42.5 Å². The van der Waals surface area contributed by atoms with Crippen molar-refractivity contribution in [2.24, 2.45) is 0 Å². The Morgan fingerprint density at radius 1 is 1.30 bits per heavy atom. The van der Waals surface area contributed by atoms with Crippen molar-refractivity contribution in [1.29, 1.82) is 0 Å². The molecule has 5 nitrogen and oxygen atoms in total. The van der Waals surface area contributed by atoms with E-state index in [2.05, 4.69) is 52.0 Å². The van der Waals surface area contributed by atoms with Crippen LogP contribution < -0.4 is 5.32 Å². The monoisotopic (exact) mass is 325 g/mol. The number of benzene rings is 1. The standard InChI is InChI=1S/C17H19N5S/c1-12-2-4-13(5-3-12)17-21-15(10-23-17)8-18-14-6-7-16-19-11-20-22(16)9-14/h2-5,10-11,14,18H,6-9H2,1H3/t14-/m1/s1. The molecule has 1 aromatic carbocycles. The zero-order valence-corrected chi connectivity index (χ0v) is 13.9. The third-order valence-electron chi connectivity index (χ3n) is 4.23. The molecule has 0 aliphatic carbocycles. The van der Waals surface area contributed by atoms with Gasteiger partial charge >= 0.3 is 0 Å². The molecule has 118 valence electrons. The first kappa shape index (κ1) is 14.5. The van der Waals surface area contributed by atoms with E-state index in [4.69, 9.17) is 4.98 Å². The topological polar surface area (TPSA) is 55.6 Å². The summed E-state index contributed by atoms with van der Waals surface area (Å²) in [5.41, 5.74) is 3.57. The van der Waals surface area contributed by atoms with Gasteiger partial charge in [0.2, 0.25) is 0 Å². The number of aryl methyl sites for hydroxylation is 2. The Morgan fingerprint density at radius 2 is 2.17 bits per heavy atom. The Hall–Kier alpha value is -2.05. The van der Waals surface area contributed by atoms with Crippen molar-refractivity contribution in [3.05, 3.63) is 53.1 Å². The second kappa shape index (κ2) is 6.22. The molecule has 2 aromatic heterocycles. The van der Waals surface area contributed by atoms with E-state index < -0.39 is 0 Å². The van der Waals surface area contributed by atoms with Gasteiger partial charge in [0, 0.05) is 30.0 Å². The molecule has 3 aromatic rings. The van der Waals surface area contributed by atoms with Crippen LogP contribution in [-0.2, 0) is 19.5 Å². The van der Waals surface area contributed by atoms with Gasteiger partial charge in [-0.25, -0.2) is 14.6 Å². The van der Waals surface area contributed by atoms with E-state index in [1.165, 1.54) is 11.1 Å². The minimum atomic E-state index is 0.439. The summed E-state index contributed by atoms with van der Waals surface area (Å²) in [6.07, 6.45) is 3.74. The normalized spacial score (nSPS) is 17.2. The molecule has 6 heteroatoms. The highest BCUT2D eigenvalue weighted by atomic mass is 32.1.